The highest BCUT2D eigenvalue weighted by molar-refractivity contribution is 6.22. The van der Waals surface area contributed by atoms with Gasteiger partial charge >= 0.3 is 0 Å². The molecule has 1 aliphatic rings. The normalized spacial score (nSPS) is 12.9. The number of halogens is 1. The number of amides is 3. The molecule has 0 bridgehead atoms. The van der Waals surface area contributed by atoms with E-state index >= 15 is 0 Å². The Hall–Kier alpha value is -3.81. The minimum atomic E-state index is -0.446. The molecular weight excluding hydrogens is 399 g/mol. The van der Waals surface area contributed by atoms with E-state index in [1.807, 2.05) is 6.92 Å². The first-order chi connectivity index (χ1) is 14.9. The highest BCUT2D eigenvalue weighted by Gasteiger charge is 2.35. The molecule has 2 heterocycles. The number of hydrogen-bond acceptors (Lipinski definition) is 4. The summed E-state index contributed by atoms with van der Waals surface area (Å²) in [6.45, 7) is 4.12. The molecule has 1 N–H and O–H groups in total. The van der Waals surface area contributed by atoms with Crippen molar-refractivity contribution in [2.24, 2.45) is 0 Å². The summed E-state index contributed by atoms with van der Waals surface area (Å²) in [5.41, 5.74) is 2.05. The van der Waals surface area contributed by atoms with E-state index in [-0.39, 0.29) is 28.8 Å². The first-order valence-electron chi connectivity index (χ1n) is 10.0. The number of aryl methyl sites for hydroxylation is 1. The molecule has 0 spiro atoms. The molecule has 3 amide bonds. The van der Waals surface area contributed by atoms with Gasteiger partial charge in [0.2, 0.25) is 0 Å². The van der Waals surface area contributed by atoms with Crippen LogP contribution in [0.2, 0.25) is 0 Å². The summed E-state index contributed by atoms with van der Waals surface area (Å²) in [6.07, 6.45) is 1.59. The minimum Gasteiger partial charge on any atom is -0.306 e. The fourth-order valence-corrected chi connectivity index (χ4v) is 3.51. The van der Waals surface area contributed by atoms with Crippen molar-refractivity contribution in [2.75, 3.05) is 11.9 Å². The average molecular weight is 420 g/mol. The highest BCUT2D eigenvalue weighted by atomic mass is 19.1. The number of rotatable bonds is 6. The third-order valence-corrected chi connectivity index (χ3v) is 5.11. The van der Waals surface area contributed by atoms with E-state index in [4.69, 9.17) is 0 Å². The van der Waals surface area contributed by atoms with E-state index in [9.17, 15) is 18.8 Å². The average Bonchev–Trinajstić information content (AvgIpc) is 3.24. The first kappa shape index (κ1) is 20.5. The number of fused-ring (bicyclic) bond motifs is 1. The predicted octanol–water partition coefficient (Wildman–Crippen LogP) is 3.97. The Bertz CT molecular complexity index is 1180. The maximum Gasteiger partial charge on any atom is 0.261 e. The van der Waals surface area contributed by atoms with Crippen LogP contribution in [0.15, 0.2) is 48.5 Å². The summed E-state index contributed by atoms with van der Waals surface area (Å²) >= 11 is 0. The van der Waals surface area contributed by atoms with Gasteiger partial charge in [0.05, 0.1) is 22.5 Å². The summed E-state index contributed by atoms with van der Waals surface area (Å²) in [7, 11) is 0. The summed E-state index contributed by atoms with van der Waals surface area (Å²) in [5.74, 6) is -1.12. The molecule has 1 aliphatic heterocycles. The van der Waals surface area contributed by atoms with Crippen LogP contribution in [-0.2, 0) is 0 Å². The Kier molecular flexibility index (Phi) is 5.37. The second-order valence-corrected chi connectivity index (χ2v) is 7.39. The van der Waals surface area contributed by atoms with Crippen LogP contribution in [0.1, 0.15) is 56.5 Å². The van der Waals surface area contributed by atoms with Crippen molar-refractivity contribution in [2.45, 2.75) is 26.7 Å². The quantitative estimate of drug-likeness (QED) is 0.612. The first-order valence-corrected chi connectivity index (χ1v) is 10.0. The van der Waals surface area contributed by atoms with Gasteiger partial charge < -0.3 is 5.32 Å². The number of carbonyl (C=O) groups excluding carboxylic acids is 3. The van der Waals surface area contributed by atoms with Gasteiger partial charge in [-0.15, -0.1) is 0 Å². The summed E-state index contributed by atoms with van der Waals surface area (Å²) in [6, 6.07) is 11.9. The van der Waals surface area contributed by atoms with Gasteiger partial charge in [-0.1, -0.05) is 13.3 Å². The molecule has 3 aromatic rings. The Morgan fingerprint density at radius 2 is 1.74 bits per heavy atom. The standard InChI is InChI=1S/C23H21FN4O3/c1-3-4-11-27-22(30)18-10-5-15(13-19(18)23(27)31)21(29)25-20-12-14(2)26-28(20)17-8-6-16(24)7-9-17/h5-10,12-13H,3-4,11H2,1-2H3,(H,25,29). The van der Waals surface area contributed by atoms with E-state index in [2.05, 4.69) is 10.4 Å². The maximum absolute atomic E-state index is 13.2. The zero-order valence-corrected chi connectivity index (χ0v) is 17.2. The molecular formula is C23H21FN4O3. The number of unbranched alkanes of at least 4 members (excludes halogenated alkanes) is 1. The number of imide groups is 1. The Balaban J connectivity index is 1.59. The minimum absolute atomic E-state index is 0.233. The van der Waals surface area contributed by atoms with E-state index in [0.29, 0.717) is 29.3 Å². The zero-order chi connectivity index (χ0) is 22.1. The Morgan fingerprint density at radius 1 is 1.03 bits per heavy atom. The van der Waals surface area contributed by atoms with Crippen LogP contribution in [0.5, 0.6) is 0 Å². The van der Waals surface area contributed by atoms with Crippen LogP contribution >= 0.6 is 0 Å². The molecule has 1 aromatic heterocycles. The van der Waals surface area contributed by atoms with Crippen molar-refractivity contribution in [1.29, 1.82) is 0 Å². The molecule has 0 aliphatic carbocycles. The molecule has 2 aromatic carbocycles. The molecule has 0 saturated heterocycles. The van der Waals surface area contributed by atoms with E-state index in [1.54, 1.807) is 25.1 Å². The van der Waals surface area contributed by atoms with E-state index < -0.39 is 5.91 Å². The van der Waals surface area contributed by atoms with Gasteiger partial charge in [-0.3, -0.25) is 19.3 Å². The molecule has 0 atom stereocenters. The molecule has 158 valence electrons. The van der Waals surface area contributed by atoms with Gasteiger partial charge in [-0.25, -0.2) is 9.07 Å². The van der Waals surface area contributed by atoms with Crippen molar-refractivity contribution in [3.63, 3.8) is 0 Å². The fraction of sp³-hybridized carbons (Fsp3) is 0.217. The van der Waals surface area contributed by atoms with Crippen molar-refractivity contribution in [3.05, 3.63) is 76.7 Å². The number of anilines is 1. The summed E-state index contributed by atoms with van der Waals surface area (Å²) in [4.78, 5) is 39.2. The lowest BCUT2D eigenvalue weighted by molar-refractivity contribution is 0.0652. The van der Waals surface area contributed by atoms with Gasteiger partial charge in [0, 0.05) is 18.2 Å². The van der Waals surface area contributed by atoms with Crippen LogP contribution in [0, 0.1) is 12.7 Å². The van der Waals surface area contributed by atoms with Crippen LogP contribution in [0.4, 0.5) is 10.2 Å². The molecule has 0 fully saturated rings. The van der Waals surface area contributed by atoms with Crippen LogP contribution in [0.3, 0.4) is 0 Å². The van der Waals surface area contributed by atoms with Crippen molar-refractivity contribution in [1.82, 2.24) is 14.7 Å². The molecule has 7 nitrogen and oxygen atoms in total. The summed E-state index contributed by atoms with van der Waals surface area (Å²) in [5, 5.41) is 7.13. The van der Waals surface area contributed by atoms with Gasteiger partial charge in [0.1, 0.15) is 11.6 Å². The van der Waals surface area contributed by atoms with E-state index in [1.165, 1.54) is 39.9 Å². The SMILES string of the molecule is CCCCN1C(=O)c2ccc(C(=O)Nc3cc(C)nn3-c3ccc(F)cc3)cc2C1=O. The molecule has 8 heteroatoms. The number of nitrogens with zero attached hydrogens (tertiary/aromatic N) is 3. The Labute approximate surface area is 178 Å². The van der Waals surface area contributed by atoms with Gasteiger partial charge in [-0.05, 0) is 55.8 Å². The molecule has 4 rings (SSSR count). The molecule has 0 radical (unpaired) electrons. The number of benzene rings is 2. The number of carbonyl (C=O) groups is 3. The lowest BCUT2D eigenvalue weighted by atomic mass is 10.1. The van der Waals surface area contributed by atoms with Crippen LogP contribution in [0.25, 0.3) is 5.69 Å². The van der Waals surface area contributed by atoms with Crippen molar-refractivity contribution >= 4 is 23.5 Å². The predicted molar refractivity (Wildman–Crippen MR) is 113 cm³/mol. The van der Waals surface area contributed by atoms with Crippen LogP contribution in [-0.4, -0.2) is 38.9 Å². The maximum atomic E-state index is 13.2. The smallest absolute Gasteiger partial charge is 0.261 e. The largest absolute Gasteiger partial charge is 0.306 e. The third-order valence-electron chi connectivity index (χ3n) is 5.11. The third kappa shape index (κ3) is 3.84. The van der Waals surface area contributed by atoms with Crippen molar-refractivity contribution < 1.29 is 18.8 Å². The second-order valence-electron chi connectivity index (χ2n) is 7.39. The molecule has 31 heavy (non-hydrogen) atoms. The van der Waals surface area contributed by atoms with Crippen molar-refractivity contribution in [3.8, 4) is 5.69 Å². The summed E-state index contributed by atoms with van der Waals surface area (Å²) < 4.78 is 14.8. The highest BCUT2D eigenvalue weighted by Crippen LogP contribution is 2.25. The number of aromatic nitrogens is 2. The zero-order valence-electron chi connectivity index (χ0n) is 17.2. The fourth-order valence-electron chi connectivity index (χ4n) is 3.51. The lowest BCUT2D eigenvalue weighted by Gasteiger charge is -2.12. The lowest BCUT2D eigenvalue weighted by Crippen LogP contribution is -2.30. The van der Waals surface area contributed by atoms with E-state index in [0.717, 1.165) is 12.8 Å². The molecule has 0 unspecified atom stereocenters. The second kappa shape index (κ2) is 8.14. The topological polar surface area (TPSA) is 84.3 Å². The number of hydrogen-bond donors (Lipinski definition) is 1. The monoisotopic (exact) mass is 420 g/mol. The van der Waals surface area contributed by atoms with Gasteiger partial charge in [0.25, 0.3) is 17.7 Å². The van der Waals surface area contributed by atoms with Gasteiger partial charge in [-0.2, -0.15) is 5.10 Å². The number of nitrogens with one attached hydrogen (secondary N) is 1. The molecule has 0 saturated carbocycles. The van der Waals surface area contributed by atoms with Crippen LogP contribution < -0.4 is 5.32 Å². The van der Waals surface area contributed by atoms with Gasteiger partial charge in [0.15, 0.2) is 0 Å². The Morgan fingerprint density at radius 3 is 2.45 bits per heavy atom.